The fourth-order valence-corrected chi connectivity index (χ4v) is 2.38. The summed E-state index contributed by atoms with van der Waals surface area (Å²) in [5, 5.41) is 0. The lowest BCUT2D eigenvalue weighted by Gasteiger charge is -2.24. The van der Waals surface area contributed by atoms with Gasteiger partial charge in [0.15, 0.2) is 0 Å². The number of nitrogens with zero attached hydrogens (tertiary/aromatic N) is 1. The maximum atomic E-state index is 11.8. The first-order valence-electron chi connectivity index (χ1n) is 12.5. The molecule has 0 heterocycles. The van der Waals surface area contributed by atoms with Gasteiger partial charge in [-0.1, -0.05) is 0 Å². The van der Waals surface area contributed by atoms with Crippen LogP contribution in [-0.2, 0) is 42.7 Å². The molecule has 0 radical (unpaired) electrons. The smallest absolute Gasteiger partial charge is 0.410 e. The first-order chi connectivity index (χ1) is 16.9. The van der Waals surface area contributed by atoms with E-state index in [0.29, 0.717) is 85.8 Å². The molecule has 0 unspecified atom stereocenters. The number of hydrogen-bond acceptors (Lipinski definition) is 10. The van der Waals surface area contributed by atoms with E-state index >= 15 is 0 Å². The molecule has 0 aliphatic heterocycles. The van der Waals surface area contributed by atoms with E-state index in [-0.39, 0.29) is 18.5 Å². The maximum absolute atomic E-state index is 11.8. The molecular formula is C25H49NO10. The van der Waals surface area contributed by atoms with Crippen LogP contribution in [0.25, 0.3) is 0 Å². The fraction of sp³-hybridized carbons (Fsp3) is 0.920. The van der Waals surface area contributed by atoms with Crippen molar-refractivity contribution < 1.29 is 47.5 Å². The molecule has 0 aromatic heterocycles. The van der Waals surface area contributed by atoms with Gasteiger partial charge >= 0.3 is 12.1 Å². The van der Waals surface area contributed by atoms with Crippen LogP contribution in [0.2, 0.25) is 0 Å². The van der Waals surface area contributed by atoms with E-state index in [1.165, 1.54) is 4.90 Å². The Hall–Kier alpha value is -1.50. The Morgan fingerprint density at radius 1 is 0.528 bits per heavy atom. The Morgan fingerprint density at radius 2 is 0.861 bits per heavy atom. The van der Waals surface area contributed by atoms with Gasteiger partial charge in [-0.2, -0.15) is 0 Å². The summed E-state index contributed by atoms with van der Waals surface area (Å²) in [6, 6.07) is 0. The van der Waals surface area contributed by atoms with E-state index in [1.807, 2.05) is 41.5 Å². The molecule has 0 aromatic rings. The van der Waals surface area contributed by atoms with E-state index in [1.54, 1.807) is 7.05 Å². The highest BCUT2D eigenvalue weighted by molar-refractivity contribution is 5.69. The highest BCUT2D eigenvalue weighted by atomic mass is 16.6. The largest absolute Gasteiger partial charge is 0.460 e. The fourth-order valence-electron chi connectivity index (χ4n) is 2.38. The molecule has 0 saturated heterocycles. The van der Waals surface area contributed by atoms with Gasteiger partial charge in [-0.15, -0.1) is 0 Å². The molecule has 0 aliphatic carbocycles. The molecule has 11 heteroatoms. The van der Waals surface area contributed by atoms with Crippen LogP contribution >= 0.6 is 0 Å². The third-order valence-corrected chi connectivity index (χ3v) is 4.01. The van der Waals surface area contributed by atoms with Crippen molar-refractivity contribution in [2.24, 2.45) is 0 Å². The van der Waals surface area contributed by atoms with Crippen molar-refractivity contribution in [1.82, 2.24) is 4.90 Å². The quantitative estimate of drug-likeness (QED) is 0.164. The number of amides is 1. The van der Waals surface area contributed by atoms with Crippen LogP contribution < -0.4 is 0 Å². The highest BCUT2D eigenvalue weighted by Crippen LogP contribution is 2.09. The van der Waals surface area contributed by atoms with Gasteiger partial charge in [0.1, 0.15) is 11.2 Å². The summed E-state index contributed by atoms with van der Waals surface area (Å²) in [6.07, 6.45) is -0.136. The van der Waals surface area contributed by atoms with Crippen molar-refractivity contribution in [3.05, 3.63) is 0 Å². The lowest BCUT2D eigenvalue weighted by molar-refractivity contribution is -0.156. The van der Waals surface area contributed by atoms with Crippen molar-refractivity contribution in [3.8, 4) is 0 Å². The van der Waals surface area contributed by atoms with Crippen molar-refractivity contribution in [1.29, 1.82) is 0 Å². The minimum absolute atomic E-state index is 0.231. The predicted octanol–water partition coefficient (Wildman–Crippen LogP) is 2.68. The van der Waals surface area contributed by atoms with Crippen molar-refractivity contribution in [2.45, 2.75) is 59.2 Å². The first kappa shape index (κ1) is 34.5. The molecule has 214 valence electrons. The van der Waals surface area contributed by atoms with Crippen LogP contribution in [0.1, 0.15) is 48.0 Å². The van der Waals surface area contributed by atoms with Crippen molar-refractivity contribution in [2.75, 3.05) is 92.9 Å². The number of likely N-dealkylation sites (N-methyl/N-ethyl adjacent to an activating group) is 1. The van der Waals surface area contributed by atoms with Gasteiger partial charge in [-0.3, -0.25) is 4.79 Å². The van der Waals surface area contributed by atoms with Crippen LogP contribution in [0.5, 0.6) is 0 Å². The molecule has 0 N–H and O–H groups in total. The molecule has 11 nitrogen and oxygen atoms in total. The molecule has 0 fully saturated rings. The lowest BCUT2D eigenvalue weighted by atomic mass is 10.2. The standard InChI is InChI=1S/C25H49NO10/c1-24(2,3)35-22(27)8-10-29-12-14-31-16-18-33-20-21-34-19-17-32-15-13-30-11-9-26(7)23(28)36-25(4,5)6/h8-21H2,1-7H3. The number of carbonyl (C=O) groups is 2. The number of carbonyl (C=O) groups excluding carboxylic acids is 2. The molecule has 0 bridgehead atoms. The molecular weight excluding hydrogens is 474 g/mol. The van der Waals surface area contributed by atoms with Gasteiger partial charge in [0, 0.05) is 13.6 Å². The summed E-state index contributed by atoms with van der Waals surface area (Å²) < 4.78 is 43.0. The summed E-state index contributed by atoms with van der Waals surface area (Å²) in [5.74, 6) is -0.267. The Bertz CT molecular complexity index is 560. The van der Waals surface area contributed by atoms with Gasteiger partial charge in [0.25, 0.3) is 0 Å². The average molecular weight is 524 g/mol. The monoisotopic (exact) mass is 523 g/mol. The van der Waals surface area contributed by atoms with Crippen LogP contribution in [0, 0.1) is 0 Å². The summed E-state index contributed by atoms with van der Waals surface area (Å²) in [4.78, 5) is 24.8. The third kappa shape index (κ3) is 25.6. The molecule has 0 atom stereocenters. The minimum atomic E-state index is -0.508. The zero-order chi connectivity index (χ0) is 27.3. The molecule has 36 heavy (non-hydrogen) atoms. The van der Waals surface area contributed by atoms with Gasteiger partial charge in [-0.05, 0) is 41.5 Å². The van der Waals surface area contributed by atoms with Gasteiger partial charge in [-0.25, -0.2) is 4.79 Å². The van der Waals surface area contributed by atoms with E-state index in [9.17, 15) is 9.59 Å². The van der Waals surface area contributed by atoms with Crippen molar-refractivity contribution in [3.63, 3.8) is 0 Å². The zero-order valence-corrected chi connectivity index (χ0v) is 23.4. The minimum Gasteiger partial charge on any atom is -0.460 e. The second-order valence-electron chi connectivity index (χ2n) is 9.91. The van der Waals surface area contributed by atoms with Crippen molar-refractivity contribution >= 4 is 12.1 Å². The van der Waals surface area contributed by atoms with E-state index in [2.05, 4.69) is 0 Å². The van der Waals surface area contributed by atoms with E-state index < -0.39 is 11.2 Å². The number of hydrogen-bond donors (Lipinski definition) is 0. The Labute approximate surface area is 216 Å². The summed E-state index contributed by atoms with van der Waals surface area (Å²) >= 11 is 0. The van der Waals surface area contributed by atoms with Gasteiger partial charge in [0.05, 0.1) is 85.7 Å². The zero-order valence-electron chi connectivity index (χ0n) is 23.4. The average Bonchev–Trinajstić information content (AvgIpc) is 2.75. The first-order valence-corrected chi connectivity index (χ1v) is 12.5. The van der Waals surface area contributed by atoms with Gasteiger partial charge < -0.3 is 42.8 Å². The molecule has 0 aliphatic rings. The molecule has 0 aromatic carbocycles. The number of ether oxygens (including phenoxy) is 8. The third-order valence-electron chi connectivity index (χ3n) is 4.01. The molecule has 0 saturated carbocycles. The molecule has 0 rings (SSSR count). The van der Waals surface area contributed by atoms with Crippen LogP contribution in [0.4, 0.5) is 4.79 Å². The SMILES string of the molecule is CN(CCOCCOCCOCCOCCOCCOCCC(=O)OC(C)(C)C)C(=O)OC(C)(C)C. The maximum Gasteiger partial charge on any atom is 0.410 e. The summed E-state index contributed by atoms with van der Waals surface area (Å²) in [7, 11) is 1.68. The lowest BCUT2D eigenvalue weighted by Crippen LogP contribution is -2.36. The van der Waals surface area contributed by atoms with Gasteiger partial charge in [0.2, 0.25) is 0 Å². The summed E-state index contributed by atoms with van der Waals surface area (Å²) in [5.41, 5.74) is -0.981. The second-order valence-corrected chi connectivity index (χ2v) is 9.91. The highest BCUT2D eigenvalue weighted by Gasteiger charge is 2.19. The van der Waals surface area contributed by atoms with Crippen LogP contribution in [0.3, 0.4) is 0 Å². The number of rotatable bonds is 21. The topological polar surface area (TPSA) is 111 Å². The summed E-state index contributed by atoms with van der Waals surface area (Å²) in [6.45, 7) is 16.8. The van der Waals surface area contributed by atoms with Crippen LogP contribution in [0.15, 0.2) is 0 Å². The van der Waals surface area contributed by atoms with E-state index in [4.69, 9.17) is 37.9 Å². The van der Waals surface area contributed by atoms with Crippen LogP contribution in [-0.4, -0.2) is 121 Å². The molecule has 1 amide bonds. The predicted molar refractivity (Wildman–Crippen MR) is 134 cm³/mol. The Morgan fingerprint density at radius 3 is 1.22 bits per heavy atom. The second kappa shape index (κ2) is 20.5. The normalized spacial score (nSPS) is 12.0. The Balaban J connectivity index is 3.27. The number of esters is 1. The van der Waals surface area contributed by atoms with E-state index in [0.717, 1.165) is 0 Å². The Kier molecular flexibility index (Phi) is 19.7. The molecule has 0 spiro atoms.